The first kappa shape index (κ1) is 10.1. The van der Waals surface area contributed by atoms with Gasteiger partial charge in [-0.25, -0.2) is 0 Å². The topological polar surface area (TPSA) is 42.2 Å². The Hall–Kier alpha value is -1.42. The summed E-state index contributed by atoms with van der Waals surface area (Å²) in [6.45, 7) is 0.575. The lowest BCUT2D eigenvalue weighted by molar-refractivity contribution is 0.261. The number of hydrogen-bond acceptors (Lipinski definition) is 2. The number of carbonyl (C=O) groups is 1. The predicted octanol–water partition coefficient (Wildman–Crippen LogP) is 2.61. The van der Waals surface area contributed by atoms with Crippen molar-refractivity contribution in [1.29, 1.82) is 0 Å². The van der Waals surface area contributed by atoms with Gasteiger partial charge in [0.2, 0.25) is 0 Å². The summed E-state index contributed by atoms with van der Waals surface area (Å²) in [7, 11) is 0. The Kier molecular flexibility index (Phi) is 2.97. The van der Waals surface area contributed by atoms with Gasteiger partial charge in [0.25, 0.3) is 5.24 Å². The van der Waals surface area contributed by atoms with Crippen molar-refractivity contribution >= 4 is 28.8 Å². The average molecular weight is 221 g/mol. The van der Waals surface area contributed by atoms with E-state index in [4.69, 9.17) is 4.42 Å². The van der Waals surface area contributed by atoms with E-state index >= 15 is 0 Å². The van der Waals surface area contributed by atoms with Gasteiger partial charge >= 0.3 is 0 Å². The molecule has 78 valence electrons. The average Bonchev–Trinajstić information content (AvgIpc) is 2.62. The fourth-order valence-electron chi connectivity index (χ4n) is 1.53. The van der Waals surface area contributed by atoms with Crippen LogP contribution in [0.3, 0.4) is 0 Å². The molecule has 0 atom stereocenters. The molecule has 2 aromatic rings. The van der Waals surface area contributed by atoms with Crippen molar-refractivity contribution in [2.24, 2.45) is 0 Å². The van der Waals surface area contributed by atoms with Crippen LogP contribution in [0.5, 0.6) is 0 Å². The Morgan fingerprint density at radius 1 is 1.40 bits per heavy atom. The van der Waals surface area contributed by atoms with Crippen LogP contribution in [-0.2, 0) is 6.42 Å². The van der Waals surface area contributed by atoms with Crippen molar-refractivity contribution < 1.29 is 9.21 Å². The minimum atomic E-state index is -0.303. The van der Waals surface area contributed by atoms with Gasteiger partial charge in [0, 0.05) is 11.9 Å². The lowest BCUT2D eigenvalue weighted by Crippen LogP contribution is -2.19. The van der Waals surface area contributed by atoms with E-state index in [0.29, 0.717) is 6.54 Å². The second-order valence-corrected chi connectivity index (χ2v) is 3.65. The highest BCUT2D eigenvalue weighted by atomic mass is 32.1. The van der Waals surface area contributed by atoms with E-state index in [1.165, 1.54) is 0 Å². The number of hydrogen-bond donors (Lipinski definition) is 2. The van der Waals surface area contributed by atoms with E-state index in [1.807, 2.05) is 24.3 Å². The van der Waals surface area contributed by atoms with Crippen LogP contribution >= 0.6 is 12.6 Å². The fraction of sp³-hybridized carbons (Fsp3) is 0.182. The number of benzene rings is 1. The van der Waals surface area contributed by atoms with Crippen LogP contribution in [0.1, 0.15) is 5.56 Å². The molecule has 1 aromatic heterocycles. The van der Waals surface area contributed by atoms with E-state index in [2.05, 4.69) is 17.9 Å². The van der Waals surface area contributed by atoms with Gasteiger partial charge in [-0.05, 0) is 18.1 Å². The molecule has 0 radical (unpaired) electrons. The summed E-state index contributed by atoms with van der Waals surface area (Å²) >= 11 is 3.63. The number of rotatable bonds is 3. The monoisotopic (exact) mass is 221 g/mol. The molecule has 0 aliphatic carbocycles. The van der Waals surface area contributed by atoms with Crippen molar-refractivity contribution in [3.63, 3.8) is 0 Å². The number of fused-ring (bicyclic) bond motifs is 1. The van der Waals surface area contributed by atoms with Gasteiger partial charge in [0.1, 0.15) is 5.58 Å². The second kappa shape index (κ2) is 4.40. The zero-order chi connectivity index (χ0) is 10.7. The Morgan fingerprint density at radius 3 is 3.00 bits per heavy atom. The van der Waals surface area contributed by atoms with Crippen molar-refractivity contribution in [3.05, 3.63) is 36.1 Å². The first-order chi connectivity index (χ1) is 7.27. The molecule has 0 aliphatic heterocycles. The van der Waals surface area contributed by atoms with E-state index in [1.54, 1.807) is 6.26 Å². The smallest absolute Gasteiger partial charge is 0.275 e. The lowest BCUT2D eigenvalue weighted by Gasteiger charge is -1.99. The first-order valence-electron chi connectivity index (χ1n) is 4.69. The summed E-state index contributed by atoms with van der Waals surface area (Å²) in [5.41, 5.74) is 1.98. The number of carbonyl (C=O) groups excluding carboxylic acids is 1. The Morgan fingerprint density at radius 2 is 2.20 bits per heavy atom. The summed E-state index contributed by atoms with van der Waals surface area (Å²) in [6.07, 6.45) is 2.48. The molecule has 0 unspecified atom stereocenters. The molecule has 0 fully saturated rings. The van der Waals surface area contributed by atoms with Crippen molar-refractivity contribution in [2.75, 3.05) is 6.54 Å². The molecule has 0 spiro atoms. The molecule has 15 heavy (non-hydrogen) atoms. The molecule has 1 heterocycles. The maximum Gasteiger partial charge on any atom is 0.275 e. The summed E-state index contributed by atoms with van der Waals surface area (Å²) in [6, 6.07) is 7.84. The van der Waals surface area contributed by atoms with E-state index in [-0.39, 0.29) is 5.24 Å². The normalized spacial score (nSPS) is 10.5. The summed E-state index contributed by atoms with van der Waals surface area (Å²) in [4.78, 5) is 10.6. The molecule has 1 aromatic carbocycles. The maximum absolute atomic E-state index is 10.6. The number of amides is 1. The van der Waals surface area contributed by atoms with Crippen LogP contribution in [0.2, 0.25) is 0 Å². The first-order valence-corrected chi connectivity index (χ1v) is 5.14. The third kappa shape index (κ3) is 2.33. The van der Waals surface area contributed by atoms with Gasteiger partial charge in [-0.15, -0.1) is 0 Å². The van der Waals surface area contributed by atoms with Crippen LogP contribution in [0.15, 0.2) is 34.9 Å². The molecule has 4 heteroatoms. The molecular formula is C11H11NO2S. The largest absolute Gasteiger partial charge is 0.464 e. The number of furan rings is 1. The maximum atomic E-state index is 10.6. The minimum Gasteiger partial charge on any atom is -0.464 e. The molecule has 0 saturated heterocycles. The van der Waals surface area contributed by atoms with Gasteiger partial charge in [-0.3, -0.25) is 4.79 Å². The van der Waals surface area contributed by atoms with Crippen molar-refractivity contribution in [3.8, 4) is 0 Å². The standard InChI is InChI=1S/C11H11NO2S/c13-11(15)12-6-5-8-7-14-10-4-2-1-3-9(8)10/h1-4,7H,5-6H2,(H2,12,13,15). The van der Waals surface area contributed by atoms with E-state index in [0.717, 1.165) is 23.0 Å². The van der Waals surface area contributed by atoms with Crippen LogP contribution in [0, 0.1) is 0 Å². The predicted molar refractivity (Wildman–Crippen MR) is 62.3 cm³/mol. The Labute approximate surface area is 92.9 Å². The Bertz CT molecular complexity index is 478. The molecular weight excluding hydrogens is 210 g/mol. The van der Waals surface area contributed by atoms with Gasteiger partial charge in [0.15, 0.2) is 0 Å². The van der Waals surface area contributed by atoms with Gasteiger partial charge in [-0.1, -0.05) is 30.8 Å². The molecule has 0 aliphatic rings. The summed E-state index contributed by atoms with van der Waals surface area (Å²) in [5, 5.41) is 3.43. The third-order valence-electron chi connectivity index (χ3n) is 2.23. The minimum absolute atomic E-state index is 0.303. The van der Waals surface area contributed by atoms with Crippen molar-refractivity contribution in [2.45, 2.75) is 6.42 Å². The van der Waals surface area contributed by atoms with Crippen LogP contribution in [0.25, 0.3) is 11.0 Å². The summed E-state index contributed by atoms with van der Waals surface area (Å²) < 4.78 is 5.37. The van der Waals surface area contributed by atoms with Crippen LogP contribution < -0.4 is 5.32 Å². The summed E-state index contributed by atoms with van der Waals surface area (Å²) in [5.74, 6) is 0. The molecule has 0 saturated carbocycles. The highest BCUT2D eigenvalue weighted by Gasteiger charge is 2.04. The second-order valence-electron chi connectivity index (χ2n) is 3.24. The number of nitrogens with one attached hydrogen (secondary N) is 1. The third-order valence-corrected chi connectivity index (χ3v) is 2.39. The molecule has 2 rings (SSSR count). The zero-order valence-corrected chi connectivity index (χ0v) is 8.96. The van der Waals surface area contributed by atoms with Gasteiger partial charge in [-0.2, -0.15) is 0 Å². The van der Waals surface area contributed by atoms with E-state index in [9.17, 15) is 4.79 Å². The zero-order valence-electron chi connectivity index (χ0n) is 8.06. The lowest BCUT2D eigenvalue weighted by atomic mass is 10.1. The molecule has 3 nitrogen and oxygen atoms in total. The van der Waals surface area contributed by atoms with Crippen molar-refractivity contribution in [1.82, 2.24) is 5.32 Å². The molecule has 0 bridgehead atoms. The highest BCUT2D eigenvalue weighted by molar-refractivity contribution is 7.96. The van der Waals surface area contributed by atoms with Gasteiger partial charge in [0.05, 0.1) is 6.26 Å². The van der Waals surface area contributed by atoms with Crippen LogP contribution in [-0.4, -0.2) is 11.8 Å². The van der Waals surface area contributed by atoms with Gasteiger partial charge < -0.3 is 9.73 Å². The number of thiol groups is 1. The fourth-order valence-corrected chi connectivity index (χ4v) is 1.64. The number of para-hydroxylation sites is 1. The Balaban J connectivity index is 2.11. The SMILES string of the molecule is O=C(S)NCCc1coc2ccccc12. The quantitative estimate of drug-likeness (QED) is 0.782. The van der Waals surface area contributed by atoms with E-state index < -0.39 is 0 Å². The molecule has 1 amide bonds. The highest BCUT2D eigenvalue weighted by Crippen LogP contribution is 2.20. The van der Waals surface area contributed by atoms with Crippen LogP contribution in [0.4, 0.5) is 4.79 Å². The molecule has 1 N–H and O–H groups in total.